The van der Waals surface area contributed by atoms with E-state index >= 15 is 0 Å². The molecule has 0 atom stereocenters. The summed E-state index contributed by atoms with van der Waals surface area (Å²) >= 11 is 3.12. The van der Waals surface area contributed by atoms with Gasteiger partial charge in [-0.05, 0) is 15.9 Å². The van der Waals surface area contributed by atoms with E-state index in [1.54, 1.807) is 0 Å². The quantitative estimate of drug-likeness (QED) is 0.703. The SMILES string of the molecule is CC(C)(CN)c1[nH]c(=O)[nH]c(=O)c1Br. The summed E-state index contributed by atoms with van der Waals surface area (Å²) in [7, 11) is 0. The Morgan fingerprint density at radius 3 is 2.43 bits per heavy atom. The van der Waals surface area contributed by atoms with Gasteiger partial charge in [0, 0.05) is 17.7 Å². The predicted molar refractivity (Wildman–Crippen MR) is 57.5 cm³/mol. The van der Waals surface area contributed by atoms with Crippen molar-refractivity contribution in [2.24, 2.45) is 5.73 Å². The van der Waals surface area contributed by atoms with Crippen molar-refractivity contribution in [1.82, 2.24) is 9.97 Å². The fourth-order valence-corrected chi connectivity index (χ4v) is 1.77. The number of aromatic amines is 2. The Morgan fingerprint density at radius 2 is 1.93 bits per heavy atom. The number of halogens is 1. The Morgan fingerprint density at radius 1 is 1.36 bits per heavy atom. The molecule has 0 saturated heterocycles. The van der Waals surface area contributed by atoms with Gasteiger partial charge in [-0.2, -0.15) is 0 Å². The second-order valence-electron chi connectivity index (χ2n) is 3.69. The van der Waals surface area contributed by atoms with Gasteiger partial charge in [-0.15, -0.1) is 0 Å². The van der Waals surface area contributed by atoms with Crippen LogP contribution < -0.4 is 17.0 Å². The summed E-state index contributed by atoms with van der Waals surface area (Å²) in [5.41, 5.74) is 4.68. The summed E-state index contributed by atoms with van der Waals surface area (Å²) in [5.74, 6) is 0. The molecule has 1 aromatic rings. The van der Waals surface area contributed by atoms with Crippen molar-refractivity contribution in [3.63, 3.8) is 0 Å². The normalized spacial score (nSPS) is 11.7. The Bertz CT molecular complexity index is 447. The van der Waals surface area contributed by atoms with E-state index in [4.69, 9.17) is 5.73 Å². The molecule has 4 N–H and O–H groups in total. The lowest BCUT2D eigenvalue weighted by atomic mass is 9.89. The third-order valence-corrected chi connectivity index (χ3v) is 2.83. The molecule has 0 aliphatic heterocycles. The topological polar surface area (TPSA) is 91.7 Å². The van der Waals surface area contributed by atoms with E-state index in [9.17, 15) is 9.59 Å². The Labute approximate surface area is 88.9 Å². The molecule has 0 spiro atoms. The third kappa shape index (κ3) is 1.96. The highest BCUT2D eigenvalue weighted by Crippen LogP contribution is 2.23. The fraction of sp³-hybridized carbons (Fsp3) is 0.500. The van der Waals surface area contributed by atoms with E-state index in [2.05, 4.69) is 25.9 Å². The standard InChI is InChI=1S/C8H12BrN3O2/c1-8(2,3-10)5-4(9)6(13)12-7(14)11-5/h3,10H2,1-2H3,(H2,11,12,13,14). The lowest BCUT2D eigenvalue weighted by molar-refractivity contribution is 0.513. The maximum atomic E-state index is 11.3. The molecule has 5 nitrogen and oxygen atoms in total. The molecule has 14 heavy (non-hydrogen) atoms. The monoisotopic (exact) mass is 261 g/mol. The van der Waals surface area contributed by atoms with Crippen LogP contribution in [0, 0.1) is 0 Å². The summed E-state index contributed by atoms with van der Waals surface area (Å²) in [6, 6.07) is 0. The number of nitrogens with one attached hydrogen (secondary N) is 2. The molecule has 0 unspecified atom stereocenters. The second-order valence-corrected chi connectivity index (χ2v) is 4.48. The fourth-order valence-electron chi connectivity index (χ4n) is 1.04. The van der Waals surface area contributed by atoms with E-state index in [0.717, 1.165) is 0 Å². The highest BCUT2D eigenvalue weighted by molar-refractivity contribution is 9.10. The van der Waals surface area contributed by atoms with Crippen LogP contribution in [0.15, 0.2) is 14.1 Å². The molecule has 0 saturated carbocycles. The lowest BCUT2D eigenvalue weighted by Crippen LogP contribution is -2.35. The maximum Gasteiger partial charge on any atom is 0.325 e. The van der Waals surface area contributed by atoms with E-state index in [0.29, 0.717) is 16.7 Å². The highest BCUT2D eigenvalue weighted by atomic mass is 79.9. The molecule has 0 aromatic carbocycles. The Hall–Kier alpha value is -0.880. The molecule has 1 aromatic heterocycles. The van der Waals surface area contributed by atoms with Crippen LogP contribution in [0.4, 0.5) is 0 Å². The van der Waals surface area contributed by atoms with Gasteiger partial charge in [0.2, 0.25) is 0 Å². The van der Waals surface area contributed by atoms with Gasteiger partial charge < -0.3 is 10.7 Å². The first-order chi connectivity index (χ1) is 6.38. The summed E-state index contributed by atoms with van der Waals surface area (Å²) in [5, 5.41) is 0. The first kappa shape index (κ1) is 11.2. The Kier molecular flexibility index (Phi) is 2.96. The number of H-pyrrole nitrogens is 2. The lowest BCUT2D eigenvalue weighted by Gasteiger charge is -2.22. The number of hydrogen-bond acceptors (Lipinski definition) is 3. The molecule has 1 rings (SSSR count). The molecule has 0 aliphatic rings. The van der Waals surface area contributed by atoms with Crippen molar-refractivity contribution in [1.29, 1.82) is 0 Å². The molecule has 0 amide bonds. The second kappa shape index (κ2) is 3.70. The predicted octanol–water partition coefficient (Wildman–Crippen LogP) is 0.0620. The van der Waals surface area contributed by atoms with E-state index in [1.165, 1.54) is 0 Å². The molecule has 0 radical (unpaired) electrons. The summed E-state index contributed by atoms with van der Waals surface area (Å²) in [6.45, 7) is 4.04. The van der Waals surface area contributed by atoms with Crippen LogP contribution >= 0.6 is 15.9 Å². The van der Waals surface area contributed by atoms with Crippen LogP contribution in [0.1, 0.15) is 19.5 Å². The highest BCUT2D eigenvalue weighted by Gasteiger charge is 2.24. The van der Waals surface area contributed by atoms with Crippen LogP contribution in [-0.4, -0.2) is 16.5 Å². The van der Waals surface area contributed by atoms with Crippen molar-refractivity contribution in [3.05, 3.63) is 31.0 Å². The molecule has 78 valence electrons. The first-order valence-electron chi connectivity index (χ1n) is 4.11. The van der Waals surface area contributed by atoms with Gasteiger partial charge in [-0.25, -0.2) is 4.79 Å². The van der Waals surface area contributed by atoms with Crippen molar-refractivity contribution in [3.8, 4) is 0 Å². The van der Waals surface area contributed by atoms with E-state index in [-0.39, 0.29) is 0 Å². The largest absolute Gasteiger partial charge is 0.330 e. The number of hydrogen-bond donors (Lipinski definition) is 3. The minimum atomic E-state index is -0.519. The number of aromatic nitrogens is 2. The van der Waals surface area contributed by atoms with Crippen LogP contribution in [-0.2, 0) is 5.41 Å². The number of rotatable bonds is 2. The van der Waals surface area contributed by atoms with Gasteiger partial charge in [-0.3, -0.25) is 9.78 Å². The average Bonchev–Trinajstić information content (AvgIpc) is 2.11. The van der Waals surface area contributed by atoms with Gasteiger partial charge in [0.1, 0.15) is 4.47 Å². The smallest absolute Gasteiger partial charge is 0.325 e. The molecular formula is C8H12BrN3O2. The Balaban J connectivity index is 3.50. The molecule has 0 fully saturated rings. The summed E-state index contributed by atoms with van der Waals surface area (Å²) in [4.78, 5) is 27.0. The zero-order valence-electron chi connectivity index (χ0n) is 7.98. The van der Waals surface area contributed by atoms with Crippen LogP contribution in [0.2, 0.25) is 0 Å². The van der Waals surface area contributed by atoms with Crippen LogP contribution in [0.5, 0.6) is 0 Å². The van der Waals surface area contributed by atoms with Crippen molar-refractivity contribution < 1.29 is 0 Å². The zero-order chi connectivity index (χ0) is 10.9. The molecular weight excluding hydrogens is 250 g/mol. The van der Waals surface area contributed by atoms with Crippen LogP contribution in [0.25, 0.3) is 0 Å². The van der Waals surface area contributed by atoms with Gasteiger partial charge in [0.25, 0.3) is 5.56 Å². The first-order valence-corrected chi connectivity index (χ1v) is 4.90. The zero-order valence-corrected chi connectivity index (χ0v) is 9.56. The molecule has 6 heteroatoms. The molecule has 1 heterocycles. The minimum absolute atomic E-state index is 0.326. The third-order valence-electron chi connectivity index (χ3n) is 2.07. The van der Waals surface area contributed by atoms with Gasteiger partial charge in [0.15, 0.2) is 0 Å². The molecule has 0 bridgehead atoms. The van der Waals surface area contributed by atoms with Crippen molar-refractivity contribution in [2.45, 2.75) is 19.3 Å². The van der Waals surface area contributed by atoms with Crippen LogP contribution in [0.3, 0.4) is 0 Å². The minimum Gasteiger partial charge on any atom is -0.330 e. The van der Waals surface area contributed by atoms with E-state index < -0.39 is 16.7 Å². The molecule has 0 aliphatic carbocycles. The number of nitrogens with two attached hydrogens (primary N) is 1. The average molecular weight is 262 g/mol. The van der Waals surface area contributed by atoms with Crippen molar-refractivity contribution in [2.75, 3.05) is 6.54 Å². The van der Waals surface area contributed by atoms with Gasteiger partial charge in [0.05, 0.1) is 0 Å². The summed E-state index contributed by atoms with van der Waals surface area (Å²) in [6.07, 6.45) is 0. The van der Waals surface area contributed by atoms with Crippen molar-refractivity contribution >= 4 is 15.9 Å². The summed E-state index contributed by atoms with van der Waals surface area (Å²) < 4.78 is 0.326. The van der Waals surface area contributed by atoms with Gasteiger partial charge >= 0.3 is 5.69 Å². The van der Waals surface area contributed by atoms with Gasteiger partial charge in [-0.1, -0.05) is 13.8 Å². The maximum absolute atomic E-state index is 11.3. The van der Waals surface area contributed by atoms with E-state index in [1.807, 2.05) is 13.8 Å².